The van der Waals surface area contributed by atoms with Gasteiger partial charge in [0.05, 0.1) is 6.54 Å². The summed E-state index contributed by atoms with van der Waals surface area (Å²) in [5, 5.41) is 3.09. The maximum Gasteiger partial charge on any atom is 0.176 e. The van der Waals surface area contributed by atoms with Gasteiger partial charge in [0.2, 0.25) is 0 Å². The molecular formula is C12H16BrNO2. The molecule has 0 aliphatic rings. The number of halogens is 1. The van der Waals surface area contributed by atoms with E-state index in [9.17, 15) is 4.79 Å². The van der Waals surface area contributed by atoms with Crippen molar-refractivity contribution in [2.24, 2.45) is 0 Å². The predicted molar refractivity (Wildman–Crippen MR) is 67.8 cm³/mol. The number of rotatable bonds is 7. The average molecular weight is 286 g/mol. The number of ketones is 1. The molecular weight excluding hydrogens is 270 g/mol. The van der Waals surface area contributed by atoms with Crippen molar-refractivity contribution >= 4 is 21.7 Å². The van der Waals surface area contributed by atoms with Gasteiger partial charge in [-0.1, -0.05) is 28.1 Å². The summed E-state index contributed by atoms with van der Waals surface area (Å²) in [4.78, 5) is 11.7. The zero-order valence-electron chi connectivity index (χ0n) is 9.33. The van der Waals surface area contributed by atoms with Crippen LogP contribution in [0, 0.1) is 0 Å². The molecule has 0 amide bonds. The molecule has 0 fully saturated rings. The summed E-state index contributed by atoms with van der Waals surface area (Å²) in [6.45, 7) is 1.90. The van der Waals surface area contributed by atoms with Crippen LogP contribution in [0.4, 0.5) is 0 Å². The first kappa shape index (κ1) is 13.4. The minimum absolute atomic E-state index is 0.116. The highest BCUT2D eigenvalue weighted by Gasteiger charge is 2.04. The van der Waals surface area contributed by atoms with E-state index in [1.807, 2.05) is 24.3 Å². The minimum Gasteiger partial charge on any atom is -0.385 e. The zero-order chi connectivity index (χ0) is 11.8. The molecule has 4 heteroatoms. The van der Waals surface area contributed by atoms with Crippen LogP contribution in [0.5, 0.6) is 0 Å². The number of benzene rings is 1. The molecule has 1 aromatic rings. The molecule has 0 aliphatic carbocycles. The van der Waals surface area contributed by atoms with Crippen LogP contribution in [-0.2, 0) is 4.74 Å². The van der Waals surface area contributed by atoms with E-state index in [0.29, 0.717) is 6.54 Å². The van der Waals surface area contributed by atoms with E-state index in [-0.39, 0.29) is 5.78 Å². The van der Waals surface area contributed by atoms with Crippen molar-refractivity contribution in [2.45, 2.75) is 6.42 Å². The van der Waals surface area contributed by atoms with Crippen molar-refractivity contribution < 1.29 is 9.53 Å². The monoisotopic (exact) mass is 285 g/mol. The second-order valence-corrected chi connectivity index (χ2v) is 4.37. The van der Waals surface area contributed by atoms with Gasteiger partial charge in [0.25, 0.3) is 0 Å². The molecule has 1 aromatic carbocycles. The Kier molecular flexibility index (Phi) is 6.30. The van der Waals surface area contributed by atoms with E-state index in [2.05, 4.69) is 21.2 Å². The van der Waals surface area contributed by atoms with Crippen molar-refractivity contribution in [1.82, 2.24) is 5.32 Å². The summed E-state index contributed by atoms with van der Waals surface area (Å²) in [7, 11) is 1.67. The Morgan fingerprint density at radius 2 is 2.06 bits per heavy atom. The number of carbonyl (C=O) groups is 1. The van der Waals surface area contributed by atoms with Crippen molar-refractivity contribution in [1.29, 1.82) is 0 Å². The number of methoxy groups -OCH3 is 1. The van der Waals surface area contributed by atoms with Gasteiger partial charge in [-0.05, 0) is 25.1 Å². The summed E-state index contributed by atoms with van der Waals surface area (Å²) in [5.74, 6) is 0.116. The lowest BCUT2D eigenvalue weighted by Crippen LogP contribution is -2.24. The highest BCUT2D eigenvalue weighted by molar-refractivity contribution is 9.10. The fraction of sp³-hybridized carbons (Fsp3) is 0.417. The number of nitrogens with one attached hydrogen (secondary N) is 1. The van der Waals surface area contributed by atoms with E-state index in [1.54, 1.807) is 7.11 Å². The third-order valence-corrected chi connectivity index (χ3v) is 2.68. The van der Waals surface area contributed by atoms with Crippen LogP contribution in [0.3, 0.4) is 0 Å². The number of hydrogen-bond donors (Lipinski definition) is 1. The third kappa shape index (κ3) is 4.88. The summed E-state index contributed by atoms with van der Waals surface area (Å²) in [6.07, 6.45) is 0.921. The Hall–Kier alpha value is -0.710. The molecule has 0 bridgehead atoms. The molecule has 0 radical (unpaired) electrons. The zero-order valence-corrected chi connectivity index (χ0v) is 10.9. The largest absolute Gasteiger partial charge is 0.385 e. The summed E-state index contributed by atoms with van der Waals surface area (Å²) >= 11 is 3.33. The number of ether oxygens (including phenoxy) is 1. The first-order valence-corrected chi connectivity index (χ1v) is 6.02. The molecule has 0 heterocycles. The first-order chi connectivity index (χ1) is 7.74. The maximum atomic E-state index is 11.7. The van der Waals surface area contributed by atoms with Gasteiger partial charge in [0.1, 0.15) is 0 Å². The highest BCUT2D eigenvalue weighted by atomic mass is 79.9. The minimum atomic E-state index is 0.116. The molecule has 0 atom stereocenters. The third-order valence-electron chi connectivity index (χ3n) is 2.15. The average Bonchev–Trinajstić information content (AvgIpc) is 2.29. The smallest absolute Gasteiger partial charge is 0.176 e. The van der Waals surface area contributed by atoms with Crippen LogP contribution in [0.25, 0.3) is 0 Å². The SMILES string of the molecule is COCCCNCC(=O)c1ccc(Br)cc1. The topological polar surface area (TPSA) is 38.3 Å². The van der Waals surface area contributed by atoms with Crippen LogP contribution in [0.15, 0.2) is 28.7 Å². The number of carbonyl (C=O) groups excluding carboxylic acids is 1. The van der Waals surface area contributed by atoms with Crippen LogP contribution < -0.4 is 5.32 Å². The fourth-order valence-corrected chi connectivity index (χ4v) is 1.55. The van der Waals surface area contributed by atoms with Gasteiger partial charge in [0.15, 0.2) is 5.78 Å². The Morgan fingerprint density at radius 1 is 1.38 bits per heavy atom. The molecule has 3 nitrogen and oxygen atoms in total. The lowest BCUT2D eigenvalue weighted by Gasteiger charge is -2.04. The summed E-state index contributed by atoms with van der Waals surface area (Å²) in [5.41, 5.74) is 0.738. The Bertz CT molecular complexity index is 324. The Labute approximate surface area is 104 Å². The van der Waals surface area contributed by atoms with Gasteiger partial charge in [-0.15, -0.1) is 0 Å². The number of Topliss-reactive ketones (excluding diaryl/α,β-unsaturated/α-hetero) is 1. The first-order valence-electron chi connectivity index (χ1n) is 5.22. The van der Waals surface area contributed by atoms with E-state index in [1.165, 1.54) is 0 Å². The van der Waals surface area contributed by atoms with Crippen molar-refractivity contribution in [3.8, 4) is 0 Å². The predicted octanol–water partition coefficient (Wildman–Crippen LogP) is 2.26. The van der Waals surface area contributed by atoms with Crippen molar-refractivity contribution in [2.75, 3.05) is 26.8 Å². The van der Waals surface area contributed by atoms with Crippen LogP contribution in [0.2, 0.25) is 0 Å². The molecule has 88 valence electrons. The fourth-order valence-electron chi connectivity index (χ4n) is 1.28. The maximum absolute atomic E-state index is 11.7. The van der Waals surface area contributed by atoms with E-state index in [4.69, 9.17) is 4.74 Å². The molecule has 1 N–H and O–H groups in total. The Balaban J connectivity index is 2.27. The van der Waals surface area contributed by atoms with Gasteiger partial charge in [-0.25, -0.2) is 0 Å². The lowest BCUT2D eigenvalue weighted by atomic mass is 10.1. The second kappa shape index (κ2) is 7.54. The lowest BCUT2D eigenvalue weighted by molar-refractivity contribution is 0.0990. The van der Waals surface area contributed by atoms with E-state index in [0.717, 1.165) is 29.6 Å². The van der Waals surface area contributed by atoms with E-state index < -0.39 is 0 Å². The van der Waals surface area contributed by atoms with Gasteiger partial charge in [0, 0.05) is 23.8 Å². The summed E-state index contributed by atoms with van der Waals surface area (Å²) in [6, 6.07) is 7.39. The normalized spacial score (nSPS) is 10.4. The van der Waals surface area contributed by atoms with Crippen LogP contribution in [0.1, 0.15) is 16.8 Å². The number of hydrogen-bond acceptors (Lipinski definition) is 3. The molecule has 0 aliphatic heterocycles. The standard InChI is InChI=1S/C12H16BrNO2/c1-16-8-2-7-14-9-12(15)10-3-5-11(13)6-4-10/h3-6,14H,2,7-9H2,1H3. The molecule has 1 rings (SSSR count). The Morgan fingerprint density at radius 3 is 2.69 bits per heavy atom. The molecule has 0 aromatic heterocycles. The van der Waals surface area contributed by atoms with Gasteiger partial charge >= 0.3 is 0 Å². The second-order valence-electron chi connectivity index (χ2n) is 3.45. The van der Waals surface area contributed by atoms with Gasteiger partial charge < -0.3 is 10.1 Å². The van der Waals surface area contributed by atoms with Crippen molar-refractivity contribution in [3.63, 3.8) is 0 Å². The van der Waals surface area contributed by atoms with Gasteiger partial charge in [-0.3, -0.25) is 4.79 Å². The molecule has 0 spiro atoms. The van der Waals surface area contributed by atoms with Gasteiger partial charge in [-0.2, -0.15) is 0 Å². The highest BCUT2D eigenvalue weighted by Crippen LogP contribution is 2.10. The summed E-state index contributed by atoms with van der Waals surface area (Å²) < 4.78 is 5.90. The molecule has 0 saturated heterocycles. The van der Waals surface area contributed by atoms with Crippen molar-refractivity contribution in [3.05, 3.63) is 34.3 Å². The molecule has 16 heavy (non-hydrogen) atoms. The van der Waals surface area contributed by atoms with Crippen LogP contribution >= 0.6 is 15.9 Å². The molecule has 0 saturated carbocycles. The quantitative estimate of drug-likeness (QED) is 0.617. The van der Waals surface area contributed by atoms with E-state index >= 15 is 0 Å². The molecule has 0 unspecified atom stereocenters. The van der Waals surface area contributed by atoms with Crippen LogP contribution in [-0.4, -0.2) is 32.6 Å².